The van der Waals surface area contributed by atoms with E-state index in [1.165, 1.54) is 6.07 Å². The van der Waals surface area contributed by atoms with Gasteiger partial charge < -0.3 is 4.74 Å². The van der Waals surface area contributed by atoms with Crippen LogP contribution in [0.15, 0.2) is 48.7 Å². The number of benzene rings is 2. The minimum Gasteiger partial charge on any atom is -0.441 e. The van der Waals surface area contributed by atoms with E-state index in [0.29, 0.717) is 31.7 Å². The van der Waals surface area contributed by atoms with Gasteiger partial charge in [0.05, 0.1) is 17.8 Å². The first-order chi connectivity index (χ1) is 17.6. The molecule has 9 heteroatoms. The SMILES string of the molecule is CC(C)(C)n1cc(CN2CCCC3(CC2)CN(c2ccccc2)C(=O)O3)c(-c2ccc(F)c(F)c2F)n1. The molecule has 196 valence electrons. The molecule has 2 aliphatic rings. The zero-order valence-corrected chi connectivity index (χ0v) is 21.3. The van der Waals surface area contributed by atoms with E-state index in [1.807, 2.05) is 57.3 Å². The van der Waals surface area contributed by atoms with Crippen LogP contribution in [0.4, 0.5) is 23.7 Å². The topological polar surface area (TPSA) is 50.6 Å². The molecule has 37 heavy (non-hydrogen) atoms. The number of nitrogens with zero attached hydrogens (tertiary/aromatic N) is 4. The number of hydrogen-bond acceptors (Lipinski definition) is 4. The maximum atomic E-state index is 14.8. The van der Waals surface area contributed by atoms with Gasteiger partial charge >= 0.3 is 6.09 Å². The monoisotopic (exact) mass is 512 g/mol. The van der Waals surface area contributed by atoms with Gasteiger partial charge in [0, 0.05) is 42.5 Å². The Kier molecular flexibility index (Phi) is 6.52. The summed E-state index contributed by atoms with van der Waals surface area (Å²) in [5.74, 6) is -3.97. The number of carbonyl (C=O) groups excluding carboxylic acids is 1. The third-order valence-electron chi connectivity index (χ3n) is 7.19. The van der Waals surface area contributed by atoms with Gasteiger partial charge in [-0.15, -0.1) is 0 Å². The average molecular weight is 513 g/mol. The fourth-order valence-electron chi connectivity index (χ4n) is 5.12. The minimum atomic E-state index is -1.50. The number of hydrogen-bond donors (Lipinski definition) is 0. The van der Waals surface area contributed by atoms with Crippen LogP contribution < -0.4 is 4.90 Å². The maximum absolute atomic E-state index is 14.8. The number of para-hydroxylation sites is 1. The van der Waals surface area contributed by atoms with Crippen molar-refractivity contribution in [3.05, 3.63) is 71.7 Å². The van der Waals surface area contributed by atoms with Crippen LogP contribution in [0.25, 0.3) is 11.3 Å². The summed E-state index contributed by atoms with van der Waals surface area (Å²) in [7, 11) is 0. The molecule has 2 fully saturated rings. The quantitative estimate of drug-likeness (QED) is 0.396. The highest BCUT2D eigenvalue weighted by Crippen LogP contribution is 2.37. The lowest BCUT2D eigenvalue weighted by molar-refractivity contribution is 0.0443. The molecule has 2 aromatic carbocycles. The molecule has 1 atom stereocenters. The highest BCUT2D eigenvalue weighted by Gasteiger charge is 2.46. The summed E-state index contributed by atoms with van der Waals surface area (Å²) >= 11 is 0. The Balaban J connectivity index is 1.37. The molecule has 1 spiro atoms. The predicted octanol–water partition coefficient (Wildman–Crippen LogP) is 6.10. The number of halogens is 3. The smallest absolute Gasteiger partial charge is 0.415 e. The summed E-state index contributed by atoms with van der Waals surface area (Å²) in [6, 6.07) is 11.7. The number of aromatic nitrogens is 2. The van der Waals surface area contributed by atoms with E-state index in [9.17, 15) is 18.0 Å². The van der Waals surface area contributed by atoms with E-state index in [1.54, 1.807) is 9.58 Å². The third kappa shape index (κ3) is 4.97. The molecule has 0 bridgehead atoms. The second-order valence-electron chi connectivity index (χ2n) is 10.9. The summed E-state index contributed by atoms with van der Waals surface area (Å²) in [5.41, 5.74) is 0.832. The summed E-state index contributed by atoms with van der Waals surface area (Å²) in [4.78, 5) is 16.6. The largest absolute Gasteiger partial charge is 0.441 e. The van der Waals surface area contributed by atoms with Gasteiger partial charge in [-0.3, -0.25) is 14.5 Å². The molecule has 5 rings (SSSR count). The van der Waals surface area contributed by atoms with Crippen molar-refractivity contribution in [1.82, 2.24) is 14.7 Å². The molecule has 3 aromatic rings. The molecule has 0 radical (unpaired) electrons. The van der Waals surface area contributed by atoms with Gasteiger partial charge in [-0.1, -0.05) is 18.2 Å². The summed E-state index contributed by atoms with van der Waals surface area (Å²) in [6.45, 7) is 8.28. The van der Waals surface area contributed by atoms with Gasteiger partial charge in [0.15, 0.2) is 17.5 Å². The molecule has 0 saturated carbocycles. The Morgan fingerprint density at radius 2 is 1.76 bits per heavy atom. The van der Waals surface area contributed by atoms with E-state index < -0.39 is 23.1 Å². The molecule has 0 aliphatic carbocycles. The van der Waals surface area contributed by atoms with Crippen LogP contribution in [0, 0.1) is 17.5 Å². The molecule has 6 nitrogen and oxygen atoms in total. The third-order valence-corrected chi connectivity index (χ3v) is 7.19. The molecular weight excluding hydrogens is 481 g/mol. The zero-order valence-electron chi connectivity index (χ0n) is 21.3. The Bertz CT molecular complexity index is 1300. The zero-order chi connectivity index (χ0) is 26.4. The number of anilines is 1. The molecule has 1 aromatic heterocycles. The molecule has 2 aliphatic heterocycles. The van der Waals surface area contributed by atoms with Gasteiger partial charge in [-0.2, -0.15) is 5.10 Å². The number of amides is 1. The number of ether oxygens (including phenoxy) is 1. The first kappa shape index (κ1) is 25.3. The van der Waals surface area contributed by atoms with Crippen LogP contribution in [-0.4, -0.2) is 46.0 Å². The van der Waals surface area contributed by atoms with Crippen LogP contribution in [0.3, 0.4) is 0 Å². The van der Waals surface area contributed by atoms with Gasteiger partial charge in [-0.05, 0) is 64.4 Å². The molecule has 1 amide bonds. The van der Waals surface area contributed by atoms with Crippen molar-refractivity contribution in [2.24, 2.45) is 0 Å². The van der Waals surface area contributed by atoms with Crippen molar-refractivity contribution in [2.75, 3.05) is 24.5 Å². The molecule has 0 N–H and O–H groups in total. The lowest BCUT2D eigenvalue weighted by Crippen LogP contribution is -2.36. The van der Waals surface area contributed by atoms with Crippen molar-refractivity contribution >= 4 is 11.8 Å². The highest BCUT2D eigenvalue weighted by molar-refractivity contribution is 5.90. The standard InChI is InChI=1S/C28H31F3N4O2/c1-27(2,3)35-17-19(25(32-35)21-10-11-22(29)24(31)23(21)30)16-33-14-7-12-28(13-15-33)18-34(26(36)37-28)20-8-5-4-6-9-20/h4-6,8-11,17H,7,12-16,18H2,1-3H3. The molecule has 2 saturated heterocycles. The first-order valence-corrected chi connectivity index (χ1v) is 12.6. The Labute approximate surface area is 214 Å². The van der Waals surface area contributed by atoms with E-state index in [-0.39, 0.29) is 17.2 Å². The van der Waals surface area contributed by atoms with Gasteiger partial charge in [0.2, 0.25) is 0 Å². The lowest BCUT2D eigenvalue weighted by Gasteiger charge is -2.25. The molecule has 1 unspecified atom stereocenters. The summed E-state index contributed by atoms with van der Waals surface area (Å²) in [5, 5.41) is 4.58. The Morgan fingerprint density at radius 1 is 1.00 bits per heavy atom. The minimum absolute atomic E-state index is 0.0635. The Morgan fingerprint density at radius 3 is 2.49 bits per heavy atom. The number of carbonyl (C=O) groups is 1. The molecule has 3 heterocycles. The van der Waals surface area contributed by atoms with Gasteiger partial charge in [-0.25, -0.2) is 18.0 Å². The predicted molar refractivity (Wildman–Crippen MR) is 135 cm³/mol. The van der Waals surface area contributed by atoms with E-state index >= 15 is 0 Å². The van der Waals surface area contributed by atoms with E-state index in [0.717, 1.165) is 36.7 Å². The normalized spacial score (nSPS) is 20.9. The van der Waals surface area contributed by atoms with E-state index in [2.05, 4.69) is 10.00 Å². The highest BCUT2D eigenvalue weighted by atomic mass is 19.2. The fourth-order valence-corrected chi connectivity index (χ4v) is 5.12. The lowest BCUT2D eigenvalue weighted by atomic mass is 9.95. The van der Waals surface area contributed by atoms with Crippen molar-refractivity contribution in [2.45, 2.75) is 57.7 Å². The van der Waals surface area contributed by atoms with Crippen LogP contribution in [0.5, 0.6) is 0 Å². The van der Waals surface area contributed by atoms with Crippen LogP contribution >= 0.6 is 0 Å². The van der Waals surface area contributed by atoms with Crippen molar-refractivity contribution < 1.29 is 22.7 Å². The van der Waals surface area contributed by atoms with Gasteiger partial charge in [0.1, 0.15) is 5.60 Å². The fraction of sp³-hybridized carbons (Fsp3) is 0.429. The van der Waals surface area contributed by atoms with Crippen LogP contribution in [-0.2, 0) is 16.8 Å². The second-order valence-corrected chi connectivity index (χ2v) is 10.9. The maximum Gasteiger partial charge on any atom is 0.415 e. The first-order valence-electron chi connectivity index (χ1n) is 12.6. The van der Waals surface area contributed by atoms with Crippen molar-refractivity contribution in [1.29, 1.82) is 0 Å². The van der Waals surface area contributed by atoms with E-state index in [4.69, 9.17) is 4.74 Å². The number of likely N-dealkylation sites (tertiary alicyclic amines) is 1. The molecular formula is C28H31F3N4O2. The summed E-state index contributed by atoms with van der Waals surface area (Å²) in [6.07, 6.45) is 3.73. The van der Waals surface area contributed by atoms with Gasteiger partial charge in [0.25, 0.3) is 0 Å². The second kappa shape index (κ2) is 9.52. The van der Waals surface area contributed by atoms with Crippen molar-refractivity contribution in [3.8, 4) is 11.3 Å². The number of rotatable bonds is 4. The van der Waals surface area contributed by atoms with Crippen LogP contribution in [0.2, 0.25) is 0 Å². The Hall–Kier alpha value is -3.33. The van der Waals surface area contributed by atoms with Crippen molar-refractivity contribution in [3.63, 3.8) is 0 Å². The van der Waals surface area contributed by atoms with Crippen LogP contribution in [0.1, 0.15) is 45.6 Å². The average Bonchev–Trinajstić information content (AvgIpc) is 3.36. The summed E-state index contributed by atoms with van der Waals surface area (Å²) < 4.78 is 50.1.